The number of hydrogen-bond acceptors (Lipinski definition) is 4. The van der Waals surface area contributed by atoms with E-state index in [-0.39, 0.29) is 11.4 Å². The number of nitrogens with one attached hydrogen (secondary N) is 2. The van der Waals surface area contributed by atoms with Gasteiger partial charge in [-0.3, -0.25) is 10.6 Å². The topological polar surface area (TPSA) is 80.0 Å². The first kappa shape index (κ1) is 11.9. The van der Waals surface area contributed by atoms with E-state index in [4.69, 9.17) is 5.84 Å². The number of hydrazine groups is 1. The summed E-state index contributed by atoms with van der Waals surface area (Å²) < 4.78 is 0. The Labute approximate surface area is 101 Å². The molecule has 92 valence electrons. The van der Waals surface area contributed by atoms with Gasteiger partial charge in [0.05, 0.1) is 11.9 Å². The number of pyridine rings is 1. The Morgan fingerprint density at radius 3 is 2.71 bits per heavy atom. The van der Waals surface area contributed by atoms with Gasteiger partial charge in [0.15, 0.2) is 0 Å². The Balaban J connectivity index is 2.03. The fourth-order valence-corrected chi connectivity index (χ4v) is 2.09. The van der Waals surface area contributed by atoms with E-state index in [0.29, 0.717) is 11.4 Å². The largest absolute Gasteiger partial charge is 0.345 e. The molecule has 2 rings (SSSR count). The number of nitrogens with zero attached hydrogens (tertiary/aromatic N) is 1. The maximum absolute atomic E-state index is 12.0. The first-order valence-corrected chi connectivity index (χ1v) is 5.94. The molecule has 1 aliphatic carbocycles. The molecule has 0 bridgehead atoms. The summed E-state index contributed by atoms with van der Waals surface area (Å²) in [5, 5.41) is 3.08. The number of amides is 1. The van der Waals surface area contributed by atoms with Gasteiger partial charge in [0.1, 0.15) is 5.69 Å². The lowest BCUT2D eigenvalue weighted by atomic mass is 9.75. The second-order valence-electron chi connectivity index (χ2n) is 4.52. The van der Waals surface area contributed by atoms with E-state index in [1.807, 2.05) is 0 Å². The highest BCUT2D eigenvalue weighted by atomic mass is 16.2. The zero-order valence-electron chi connectivity index (χ0n) is 9.99. The summed E-state index contributed by atoms with van der Waals surface area (Å²) in [6, 6.07) is 3.41. The van der Waals surface area contributed by atoms with Gasteiger partial charge in [-0.15, -0.1) is 0 Å². The van der Waals surface area contributed by atoms with E-state index in [1.54, 1.807) is 18.3 Å². The SMILES string of the molecule is CCC1(NC(=O)c2ccc(NN)cn2)CCC1. The maximum Gasteiger partial charge on any atom is 0.270 e. The van der Waals surface area contributed by atoms with Gasteiger partial charge in [-0.2, -0.15) is 0 Å². The van der Waals surface area contributed by atoms with Crippen molar-refractivity contribution in [1.82, 2.24) is 10.3 Å². The van der Waals surface area contributed by atoms with Crippen LogP contribution in [0.25, 0.3) is 0 Å². The van der Waals surface area contributed by atoms with E-state index in [2.05, 4.69) is 22.7 Å². The van der Waals surface area contributed by atoms with E-state index >= 15 is 0 Å². The molecule has 0 saturated heterocycles. The zero-order valence-corrected chi connectivity index (χ0v) is 9.99. The third-order valence-electron chi connectivity index (χ3n) is 3.53. The second-order valence-corrected chi connectivity index (χ2v) is 4.52. The maximum atomic E-state index is 12.0. The van der Waals surface area contributed by atoms with Crippen LogP contribution in [0.4, 0.5) is 5.69 Å². The fourth-order valence-electron chi connectivity index (χ4n) is 2.09. The van der Waals surface area contributed by atoms with Crippen molar-refractivity contribution in [2.24, 2.45) is 5.84 Å². The summed E-state index contributed by atoms with van der Waals surface area (Å²) in [6.07, 6.45) is 5.85. The summed E-state index contributed by atoms with van der Waals surface area (Å²) in [6.45, 7) is 2.11. The molecule has 1 fully saturated rings. The summed E-state index contributed by atoms with van der Waals surface area (Å²) in [7, 11) is 0. The van der Waals surface area contributed by atoms with Gasteiger partial charge in [-0.05, 0) is 37.8 Å². The molecule has 4 N–H and O–H groups in total. The highest BCUT2D eigenvalue weighted by molar-refractivity contribution is 5.93. The minimum absolute atomic E-state index is 0.00352. The predicted octanol–water partition coefficient (Wildman–Crippen LogP) is 1.43. The summed E-state index contributed by atoms with van der Waals surface area (Å²) >= 11 is 0. The molecule has 1 aliphatic rings. The van der Waals surface area contributed by atoms with Crippen LogP contribution < -0.4 is 16.6 Å². The summed E-state index contributed by atoms with van der Waals surface area (Å²) in [4.78, 5) is 16.1. The van der Waals surface area contributed by atoms with Gasteiger partial charge in [0.25, 0.3) is 5.91 Å². The second kappa shape index (κ2) is 4.71. The van der Waals surface area contributed by atoms with Gasteiger partial charge in [0, 0.05) is 5.54 Å². The number of nitrogens with two attached hydrogens (primary N) is 1. The molecule has 5 nitrogen and oxygen atoms in total. The van der Waals surface area contributed by atoms with Crippen molar-refractivity contribution in [1.29, 1.82) is 0 Å². The van der Waals surface area contributed by atoms with Crippen molar-refractivity contribution in [2.45, 2.75) is 38.1 Å². The van der Waals surface area contributed by atoms with Gasteiger partial charge in [-0.1, -0.05) is 6.92 Å². The Hall–Kier alpha value is -1.62. The van der Waals surface area contributed by atoms with Crippen LogP contribution in [-0.4, -0.2) is 16.4 Å². The van der Waals surface area contributed by atoms with Crippen molar-refractivity contribution in [3.8, 4) is 0 Å². The summed E-state index contributed by atoms with van der Waals surface area (Å²) in [5.74, 6) is 5.14. The fraction of sp³-hybridized carbons (Fsp3) is 0.500. The Morgan fingerprint density at radius 2 is 2.29 bits per heavy atom. The van der Waals surface area contributed by atoms with Crippen molar-refractivity contribution in [3.63, 3.8) is 0 Å². The van der Waals surface area contributed by atoms with Crippen molar-refractivity contribution >= 4 is 11.6 Å². The molecular formula is C12H18N4O. The molecule has 1 aromatic rings. The number of rotatable bonds is 4. The molecule has 1 amide bonds. The van der Waals surface area contributed by atoms with Crippen LogP contribution in [0.2, 0.25) is 0 Å². The molecule has 0 spiro atoms. The number of aromatic nitrogens is 1. The highest BCUT2D eigenvalue weighted by Gasteiger charge is 2.36. The van der Waals surface area contributed by atoms with E-state index in [1.165, 1.54) is 6.42 Å². The minimum atomic E-state index is -0.102. The van der Waals surface area contributed by atoms with Crippen LogP contribution in [0.15, 0.2) is 18.3 Å². The van der Waals surface area contributed by atoms with Gasteiger partial charge in [-0.25, -0.2) is 4.98 Å². The number of anilines is 1. The molecule has 17 heavy (non-hydrogen) atoms. The normalized spacial score (nSPS) is 17.1. The van der Waals surface area contributed by atoms with Gasteiger partial charge >= 0.3 is 0 Å². The average Bonchev–Trinajstić information content (AvgIpc) is 2.33. The molecule has 0 atom stereocenters. The minimum Gasteiger partial charge on any atom is -0.345 e. The quantitative estimate of drug-likeness (QED) is 0.544. The Bertz CT molecular complexity index is 392. The molecule has 1 heterocycles. The average molecular weight is 234 g/mol. The first-order chi connectivity index (χ1) is 8.19. The van der Waals surface area contributed by atoms with Crippen molar-refractivity contribution < 1.29 is 4.79 Å². The summed E-state index contributed by atoms with van der Waals surface area (Å²) in [5.41, 5.74) is 3.61. The molecule has 0 unspecified atom stereocenters. The molecular weight excluding hydrogens is 216 g/mol. The predicted molar refractivity (Wildman–Crippen MR) is 66.4 cm³/mol. The van der Waals surface area contributed by atoms with Gasteiger partial charge < -0.3 is 10.7 Å². The lowest BCUT2D eigenvalue weighted by Gasteiger charge is -2.41. The number of nitrogen functional groups attached to an aromatic ring is 1. The first-order valence-electron chi connectivity index (χ1n) is 5.94. The van der Waals surface area contributed by atoms with Crippen LogP contribution in [0, 0.1) is 0 Å². The van der Waals surface area contributed by atoms with Crippen LogP contribution >= 0.6 is 0 Å². The molecule has 0 aromatic carbocycles. The molecule has 0 aliphatic heterocycles. The zero-order chi connectivity index (χ0) is 12.3. The molecule has 0 radical (unpaired) electrons. The van der Waals surface area contributed by atoms with Crippen LogP contribution in [0.1, 0.15) is 43.1 Å². The standard InChI is InChI=1S/C12H18N4O/c1-2-12(6-3-7-12)15-11(17)10-5-4-9(16-13)8-14-10/h4-5,8,16H,2-3,6-7,13H2,1H3,(H,15,17). The number of hydrogen-bond donors (Lipinski definition) is 3. The molecule has 1 saturated carbocycles. The van der Waals surface area contributed by atoms with Crippen LogP contribution in [0.3, 0.4) is 0 Å². The van der Waals surface area contributed by atoms with E-state index in [9.17, 15) is 4.79 Å². The monoisotopic (exact) mass is 234 g/mol. The van der Waals surface area contributed by atoms with Gasteiger partial charge in [0.2, 0.25) is 0 Å². The molecule has 1 aromatic heterocycles. The van der Waals surface area contributed by atoms with Crippen LogP contribution in [0.5, 0.6) is 0 Å². The van der Waals surface area contributed by atoms with E-state index in [0.717, 1.165) is 19.3 Å². The van der Waals surface area contributed by atoms with Crippen molar-refractivity contribution in [2.75, 3.05) is 5.43 Å². The Morgan fingerprint density at radius 1 is 1.53 bits per heavy atom. The molecule has 5 heteroatoms. The lowest BCUT2D eigenvalue weighted by Crippen LogP contribution is -2.53. The van der Waals surface area contributed by atoms with E-state index < -0.39 is 0 Å². The third kappa shape index (κ3) is 2.39. The number of carbonyl (C=O) groups is 1. The Kier molecular flexibility index (Phi) is 3.28. The third-order valence-corrected chi connectivity index (χ3v) is 3.53. The lowest BCUT2D eigenvalue weighted by molar-refractivity contribution is 0.0815. The van der Waals surface area contributed by atoms with Crippen molar-refractivity contribution in [3.05, 3.63) is 24.0 Å². The smallest absolute Gasteiger partial charge is 0.270 e. The highest BCUT2D eigenvalue weighted by Crippen LogP contribution is 2.34. The number of carbonyl (C=O) groups excluding carboxylic acids is 1. The van der Waals surface area contributed by atoms with Crippen LogP contribution in [-0.2, 0) is 0 Å².